The molecule has 1 radical (unpaired) electrons. The molecule has 0 aromatic carbocycles. The summed E-state index contributed by atoms with van der Waals surface area (Å²) in [5.41, 5.74) is 1.12. The van der Waals surface area contributed by atoms with E-state index in [-0.39, 0.29) is 22.2 Å². The normalized spacial score (nSPS) is 30.0. The van der Waals surface area contributed by atoms with E-state index in [0.717, 1.165) is 11.8 Å². The molecule has 2 fully saturated rings. The molecule has 2 saturated heterocycles. The molecule has 0 N–H and O–H groups in total. The molecule has 2 rings (SSSR count). The summed E-state index contributed by atoms with van der Waals surface area (Å²) >= 11 is 0. The highest BCUT2D eigenvalue weighted by Crippen LogP contribution is 2.52. The highest BCUT2D eigenvalue weighted by atomic mass is 15.2. The van der Waals surface area contributed by atoms with Gasteiger partial charge in [0.05, 0.1) is 0 Å². The number of likely N-dealkylation sites (tertiary alicyclic amines) is 2. The van der Waals surface area contributed by atoms with Crippen molar-refractivity contribution in [2.75, 3.05) is 14.1 Å². The van der Waals surface area contributed by atoms with Gasteiger partial charge in [0.1, 0.15) is 0 Å². The fraction of sp³-hybridized carbons (Fsp3) is 0.958. The predicted molar refractivity (Wildman–Crippen MR) is 115 cm³/mol. The molecule has 26 heavy (non-hydrogen) atoms. The van der Waals surface area contributed by atoms with Crippen LogP contribution in [0, 0.1) is 17.8 Å². The van der Waals surface area contributed by atoms with E-state index in [1.165, 1.54) is 38.5 Å². The SMILES string of the molecule is CCC[C](C1CC(C)(C)N(C)C(C)(C)C1)C1CC(C)(C)N(C)C(C)(C)C1. The van der Waals surface area contributed by atoms with Crippen LogP contribution in [0.15, 0.2) is 0 Å². The van der Waals surface area contributed by atoms with E-state index in [4.69, 9.17) is 0 Å². The molecule has 2 nitrogen and oxygen atoms in total. The van der Waals surface area contributed by atoms with Gasteiger partial charge >= 0.3 is 0 Å². The molecule has 153 valence electrons. The summed E-state index contributed by atoms with van der Waals surface area (Å²) < 4.78 is 0. The topological polar surface area (TPSA) is 6.48 Å². The van der Waals surface area contributed by atoms with E-state index in [1.807, 2.05) is 5.92 Å². The van der Waals surface area contributed by atoms with Gasteiger partial charge in [-0.3, -0.25) is 9.80 Å². The van der Waals surface area contributed by atoms with Crippen LogP contribution in [0.2, 0.25) is 0 Å². The molecule has 0 bridgehead atoms. The molecule has 0 atom stereocenters. The van der Waals surface area contributed by atoms with Gasteiger partial charge in [0.2, 0.25) is 0 Å². The number of hydrogen-bond acceptors (Lipinski definition) is 2. The minimum atomic E-state index is 0.280. The van der Waals surface area contributed by atoms with Gasteiger partial charge in [-0.25, -0.2) is 0 Å². The molecule has 0 aromatic rings. The maximum absolute atomic E-state index is 2.63. The molecular formula is C24H47N2. The van der Waals surface area contributed by atoms with Crippen molar-refractivity contribution in [3.63, 3.8) is 0 Å². The quantitative estimate of drug-likeness (QED) is 0.590. The van der Waals surface area contributed by atoms with Gasteiger partial charge in [0, 0.05) is 22.2 Å². The number of piperidine rings is 2. The molecule has 0 aliphatic carbocycles. The van der Waals surface area contributed by atoms with Crippen LogP contribution in [0.4, 0.5) is 0 Å². The molecule has 0 amide bonds. The van der Waals surface area contributed by atoms with Crippen LogP contribution in [0.3, 0.4) is 0 Å². The Morgan fingerprint density at radius 1 is 0.654 bits per heavy atom. The second-order valence-corrected chi connectivity index (χ2v) is 11.9. The summed E-state index contributed by atoms with van der Waals surface area (Å²) in [6.45, 7) is 22.0. The molecule has 2 heterocycles. The molecular weight excluding hydrogens is 316 g/mol. The average Bonchev–Trinajstić information content (AvgIpc) is 2.46. The van der Waals surface area contributed by atoms with E-state index in [1.54, 1.807) is 0 Å². The summed E-state index contributed by atoms with van der Waals surface area (Å²) in [5, 5.41) is 0. The Hall–Kier alpha value is -0.0800. The maximum atomic E-state index is 2.63. The third kappa shape index (κ3) is 4.17. The zero-order valence-electron chi connectivity index (χ0n) is 19.8. The third-order valence-corrected chi connectivity index (χ3v) is 8.20. The first kappa shape index (κ1) is 22.2. The first-order chi connectivity index (χ1) is 11.6. The summed E-state index contributed by atoms with van der Waals surface area (Å²) in [7, 11) is 4.66. The number of hydrogen-bond donors (Lipinski definition) is 0. The van der Waals surface area contributed by atoms with Crippen LogP contribution in [0.25, 0.3) is 0 Å². The number of nitrogens with zero attached hydrogens (tertiary/aromatic N) is 2. The molecule has 0 aromatic heterocycles. The standard InChI is InChI=1S/C24H47N2/c1-12-13-20(18-14-21(2,3)25(10)22(4,5)15-18)19-16-23(6,7)26(11)24(8,9)17-19/h18-19H,12-17H2,1-11H3. The van der Waals surface area contributed by atoms with Crippen molar-refractivity contribution < 1.29 is 0 Å². The Labute approximate surface area is 165 Å². The summed E-state index contributed by atoms with van der Waals surface area (Å²) in [4.78, 5) is 5.26. The summed E-state index contributed by atoms with van der Waals surface area (Å²) in [6.07, 6.45) is 7.87. The minimum absolute atomic E-state index is 0.280. The van der Waals surface area contributed by atoms with Gasteiger partial charge in [0.15, 0.2) is 0 Å². The molecule has 0 spiro atoms. The van der Waals surface area contributed by atoms with Crippen molar-refractivity contribution in [1.82, 2.24) is 9.80 Å². The van der Waals surface area contributed by atoms with Gasteiger partial charge in [-0.1, -0.05) is 13.3 Å². The fourth-order valence-electron chi connectivity index (χ4n) is 6.30. The molecule has 2 aliphatic heterocycles. The summed E-state index contributed by atoms with van der Waals surface area (Å²) in [5.74, 6) is 3.45. The lowest BCUT2D eigenvalue weighted by Crippen LogP contribution is -2.61. The van der Waals surface area contributed by atoms with Crippen molar-refractivity contribution in [2.45, 2.75) is 123 Å². The second kappa shape index (κ2) is 7.07. The lowest BCUT2D eigenvalue weighted by atomic mass is 9.60. The van der Waals surface area contributed by atoms with Gasteiger partial charge in [-0.05, 0) is 119 Å². The second-order valence-electron chi connectivity index (χ2n) is 11.9. The average molecular weight is 364 g/mol. The van der Waals surface area contributed by atoms with E-state index in [2.05, 4.69) is 86.2 Å². The highest BCUT2D eigenvalue weighted by Gasteiger charge is 2.50. The van der Waals surface area contributed by atoms with Crippen LogP contribution in [-0.2, 0) is 0 Å². The van der Waals surface area contributed by atoms with Gasteiger partial charge in [0.25, 0.3) is 0 Å². The van der Waals surface area contributed by atoms with Crippen molar-refractivity contribution in [1.29, 1.82) is 0 Å². The molecule has 0 unspecified atom stereocenters. The fourth-order valence-corrected chi connectivity index (χ4v) is 6.30. The first-order valence-corrected chi connectivity index (χ1v) is 11.0. The molecule has 2 aliphatic rings. The number of rotatable bonds is 4. The van der Waals surface area contributed by atoms with Gasteiger partial charge in [-0.15, -0.1) is 0 Å². The van der Waals surface area contributed by atoms with E-state index in [0.29, 0.717) is 0 Å². The van der Waals surface area contributed by atoms with Crippen LogP contribution in [-0.4, -0.2) is 46.1 Å². The Kier molecular flexibility index (Phi) is 6.04. The van der Waals surface area contributed by atoms with Crippen molar-refractivity contribution in [2.24, 2.45) is 11.8 Å². The van der Waals surface area contributed by atoms with Crippen LogP contribution in [0.1, 0.15) is 101 Å². The van der Waals surface area contributed by atoms with Crippen LogP contribution < -0.4 is 0 Å². The Morgan fingerprint density at radius 3 is 1.15 bits per heavy atom. The lowest BCUT2D eigenvalue weighted by molar-refractivity contribution is -0.0511. The lowest BCUT2D eigenvalue weighted by Gasteiger charge is -2.59. The molecule has 0 saturated carbocycles. The van der Waals surface area contributed by atoms with E-state index < -0.39 is 0 Å². The highest BCUT2D eigenvalue weighted by molar-refractivity contribution is 5.14. The van der Waals surface area contributed by atoms with Gasteiger partial charge < -0.3 is 0 Å². The van der Waals surface area contributed by atoms with E-state index in [9.17, 15) is 0 Å². The van der Waals surface area contributed by atoms with Crippen molar-refractivity contribution in [3.8, 4) is 0 Å². The third-order valence-electron chi connectivity index (χ3n) is 8.20. The minimum Gasteiger partial charge on any atom is -0.296 e. The van der Waals surface area contributed by atoms with Crippen LogP contribution in [0.5, 0.6) is 0 Å². The van der Waals surface area contributed by atoms with Crippen molar-refractivity contribution >= 4 is 0 Å². The maximum Gasteiger partial charge on any atom is 0.0158 e. The Bertz CT molecular complexity index is 410. The van der Waals surface area contributed by atoms with E-state index >= 15 is 0 Å². The van der Waals surface area contributed by atoms with Crippen molar-refractivity contribution in [3.05, 3.63) is 5.92 Å². The Morgan fingerprint density at radius 2 is 0.923 bits per heavy atom. The zero-order valence-corrected chi connectivity index (χ0v) is 19.8. The predicted octanol–water partition coefficient (Wildman–Crippen LogP) is 6.16. The summed E-state index contributed by atoms with van der Waals surface area (Å²) in [6, 6.07) is 0. The largest absolute Gasteiger partial charge is 0.296 e. The smallest absolute Gasteiger partial charge is 0.0158 e. The monoisotopic (exact) mass is 363 g/mol. The first-order valence-electron chi connectivity index (χ1n) is 11.0. The van der Waals surface area contributed by atoms with Crippen LogP contribution >= 0.6 is 0 Å². The molecule has 2 heteroatoms. The zero-order chi connectivity index (χ0) is 20.1. The van der Waals surface area contributed by atoms with Gasteiger partial charge in [-0.2, -0.15) is 0 Å². The Balaban J connectivity index is 2.31.